The Bertz CT molecular complexity index is 562. The Morgan fingerprint density at radius 2 is 1.95 bits per heavy atom. The molecule has 1 aliphatic rings. The molecular formula is C14H22BrN3O2S. The minimum absolute atomic E-state index is 0.134. The molecule has 21 heavy (non-hydrogen) atoms. The average molecular weight is 376 g/mol. The minimum Gasteiger partial charge on any atom is -0.329 e. The van der Waals surface area contributed by atoms with E-state index in [1.165, 1.54) is 0 Å². The highest BCUT2D eigenvalue weighted by atomic mass is 79.9. The zero-order valence-electron chi connectivity index (χ0n) is 12.2. The molecule has 1 unspecified atom stereocenters. The summed E-state index contributed by atoms with van der Waals surface area (Å²) in [5, 5.41) is 0. The molecule has 1 saturated heterocycles. The van der Waals surface area contributed by atoms with Gasteiger partial charge in [0.1, 0.15) is 0 Å². The standard InChI is InChI=1S/C14H22BrN3O2S/c1-17-6-7-18(13(10-16)11-17)8-9-21(19,20)14-4-2-12(15)3-5-14/h2-5,13H,6-11,16H2,1H3. The molecule has 1 aliphatic heterocycles. The van der Waals surface area contributed by atoms with E-state index in [4.69, 9.17) is 5.73 Å². The zero-order valence-corrected chi connectivity index (χ0v) is 14.6. The van der Waals surface area contributed by atoms with Crippen LogP contribution in [0.25, 0.3) is 0 Å². The van der Waals surface area contributed by atoms with E-state index in [0.29, 0.717) is 18.0 Å². The SMILES string of the molecule is CN1CCN(CCS(=O)(=O)c2ccc(Br)cc2)C(CN)C1. The van der Waals surface area contributed by atoms with Crippen LogP contribution in [0, 0.1) is 0 Å². The first kappa shape index (κ1) is 16.9. The van der Waals surface area contributed by atoms with Crippen LogP contribution in [0.1, 0.15) is 0 Å². The molecule has 0 spiro atoms. The van der Waals surface area contributed by atoms with Crippen LogP contribution in [0.4, 0.5) is 0 Å². The van der Waals surface area contributed by atoms with Crippen molar-refractivity contribution in [3.8, 4) is 0 Å². The van der Waals surface area contributed by atoms with E-state index in [9.17, 15) is 8.42 Å². The van der Waals surface area contributed by atoms with Crippen molar-refractivity contribution in [1.82, 2.24) is 9.80 Å². The van der Waals surface area contributed by atoms with Gasteiger partial charge in [-0.2, -0.15) is 0 Å². The number of benzene rings is 1. The Hall–Kier alpha value is -0.470. The van der Waals surface area contributed by atoms with E-state index in [-0.39, 0.29) is 11.8 Å². The van der Waals surface area contributed by atoms with Crippen molar-refractivity contribution in [1.29, 1.82) is 0 Å². The molecule has 1 fully saturated rings. The minimum atomic E-state index is -3.24. The topological polar surface area (TPSA) is 66.6 Å². The third-order valence-corrected chi connectivity index (χ3v) is 6.14. The summed E-state index contributed by atoms with van der Waals surface area (Å²) in [6.07, 6.45) is 0. The quantitative estimate of drug-likeness (QED) is 0.824. The van der Waals surface area contributed by atoms with Crippen LogP contribution < -0.4 is 5.73 Å². The third-order valence-electron chi connectivity index (χ3n) is 3.90. The summed E-state index contributed by atoms with van der Waals surface area (Å²) >= 11 is 3.31. The van der Waals surface area contributed by atoms with Gasteiger partial charge in [-0.3, -0.25) is 4.90 Å². The first-order valence-corrected chi connectivity index (χ1v) is 9.48. The maximum absolute atomic E-state index is 12.4. The number of hydrogen-bond donors (Lipinski definition) is 1. The van der Waals surface area contributed by atoms with Gasteiger partial charge in [0, 0.05) is 43.2 Å². The Morgan fingerprint density at radius 1 is 1.29 bits per heavy atom. The van der Waals surface area contributed by atoms with Crippen LogP contribution in [0.5, 0.6) is 0 Å². The van der Waals surface area contributed by atoms with Crippen LogP contribution in [-0.2, 0) is 9.84 Å². The maximum atomic E-state index is 12.4. The molecule has 7 heteroatoms. The Kier molecular flexibility index (Phi) is 5.79. The summed E-state index contributed by atoms with van der Waals surface area (Å²) in [6, 6.07) is 7.04. The molecule has 5 nitrogen and oxygen atoms in total. The van der Waals surface area contributed by atoms with Gasteiger partial charge in [-0.25, -0.2) is 8.42 Å². The van der Waals surface area contributed by atoms with Crippen molar-refractivity contribution >= 4 is 25.8 Å². The summed E-state index contributed by atoms with van der Waals surface area (Å²) in [5.74, 6) is 0.134. The van der Waals surface area contributed by atoms with Gasteiger partial charge in [-0.05, 0) is 31.3 Å². The second kappa shape index (κ2) is 7.19. The second-order valence-electron chi connectivity index (χ2n) is 5.46. The zero-order chi connectivity index (χ0) is 15.5. The molecule has 1 atom stereocenters. The van der Waals surface area contributed by atoms with Crippen molar-refractivity contribution in [3.05, 3.63) is 28.7 Å². The van der Waals surface area contributed by atoms with Crippen LogP contribution in [-0.4, -0.2) is 69.8 Å². The molecule has 1 aromatic rings. The van der Waals surface area contributed by atoms with E-state index in [1.807, 2.05) is 0 Å². The summed E-state index contributed by atoms with van der Waals surface area (Å²) < 4.78 is 25.6. The smallest absolute Gasteiger partial charge is 0.179 e. The number of rotatable bonds is 5. The lowest BCUT2D eigenvalue weighted by atomic mass is 10.2. The number of sulfone groups is 1. The van der Waals surface area contributed by atoms with Crippen molar-refractivity contribution in [3.63, 3.8) is 0 Å². The highest BCUT2D eigenvalue weighted by Gasteiger charge is 2.25. The van der Waals surface area contributed by atoms with Gasteiger partial charge < -0.3 is 10.6 Å². The fourth-order valence-electron chi connectivity index (χ4n) is 2.56. The monoisotopic (exact) mass is 375 g/mol. The van der Waals surface area contributed by atoms with E-state index in [2.05, 4.69) is 32.8 Å². The fraction of sp³-hybridized carbons (Fsp3) is 0.571. The molecule has 0 amide bonds. The highest BCUT2D eigenvalue weighted by Crippen LogP contribution is 2.17. The largest absolute Gasteiger partial charge is 0.329 e. The first-order chi connectivity index (χ1) is 9.92. The molecule has 0 radical (unpaired) electrons. The van der Waals surface area contributed by atoms with Crippen molar-refractivity contribution < 1.29 is 8.42 Å². The molecule has 0 bridgehead atoms. The molecule has 2 N–H and O–H groups in total. The number of likely N-dealkylation sites (N-methyl/N-ethyl adjacent to an activating group) is 1. The number of hydrogen-bond acceptors (Lipinski definition) is 5. The Morgan fingerprint density at radius 3 is 2.57 bits per heavy atom. The molecule has 0 aliphatic carbocycles. The normalized spacial score (nSPS) is 21.6. The number of nitrogens with two attached hydrogens (primary N) is 1. The van der Waals surface area contributed by atoms with Crippen LogP contribution in [0.3, 0.4) is 0 Å². The van der Waals surface area contributed by atoms with E-state index in [0.717, 1.165) is 24.1 Å². The summed E-state index contributed by atoms with van der Waals surface area (Å²) in [5.41, 5.74) is 5.80. The number of halogens is 1. The number of piperazine rings is 1. The lowest BCUT2D eigenvalue weighted by Gasteiger charge is -2.39. The first-order valence-electron chi connectivity index (χ1n) is 7.03. The van der Waals surface area contributed by atoms with E-state index < -0.39 is 9.84 Å². The predicted octanol–water partition coefficient (Wildman–Crippen LogP) is 0.797. The molecule has 0 aromatic heterocycles. The molecule has 1 heterocycles. The van der Waals surface area contributed by atoms with Gasteiger partial charge in [-0.15, -0.1) is 0 Å². The van der Waals surface area contributed by atoms with Crippen molar-refractivity contribution in [2.45, 2.75) is 10.9 Å². The van der Waals surface area contributed by atoms with Gasteiger partial charge in [0.05, 0.1) is 10.6 Å². The third kappa shape index (κ3) is 4.50. The predicted molar refractivity (Wildman–Crippen MR) is 88.1 cm³/mol. The van der Waals surface area contributed by atoms with Gasteiger partial charge in [0.25, 0.3) is 0 Å². The van der Waals surface area contributed by atoms with Crippen LogP contribution in [0.2, 0.25) is 0 Å². The van der Waals surface area contributed by atoms with Crippen LogP contribution >= 0.6 is 15.9 Å². The molecule has 118 valence electrons. The average Bonchev–Trinajstić information content (AvgIpc) is 2.46. The molecule has 1 aromatic carbocycles. The van der Waals surface area contributed by atoms with Crippen molar-refractivity contribution in [2.24, 2.45) is 5.73 Å². The second-order valence-corrected chi connectivity index (χ2v) is 8.49. The summed E-state index contributed by atoms with van der Waals surface area (Å²) in [7, 11) is -1.17. The molecule has 2 rings (SSSR count). The van der Waals surface area contributed by atoms with Crippen molar-refractivity contribution in [2.75, 3.05) is 45.5 Å². The Balaban J connectivity index is 1.99. The van der Waals surface area contributed by atoms with Gasteiger partial charge in [-0.1, -0.05) is 15.9 Å². The van der Waals surface area contributed by atoms with E-state index >= 15 is 0 Å². The van der Waals surface area contributed by atoms with E-state index in [1.54, 1.807) is 24.3 Å². The summed E-state index contributed by atoms with van der Waals surface area (Å²) in [6.45, 7) is 3.81. The Labute approximate surface area is 135 Å². The van der Waals surface area contributed by atoms with Gasteiger partial charge >= 0.3 is 0 Å². The lowest BCUT2D eigenvalue weighted by Crippen LogP contribution is -2.55. The highest BCUT2D eigenvalue weighted by molar-refractivity contribution is 9.10. The maximum Gasteiger partial charge on any atom is 0.179 e. The van der Waals surface area contributed by atoms with Gasteiger partial charge in [0.2, 0.25) is 0 Å². The molecule has 0 saturated carbocycles. The summed E-state index contributed by atoms with van der Waals surface area (Å²) in [4.78, 5) is 4.80. The lowest BCUT2D eigenvalue weighted by molar-refractivity contribution is 0.100. The molecular weight excluding hydrogens is 354 g/mol. The van der Waals surface area contributed by atoms with Gasteiger partial charge in [0.15, 0.2) is 9.84 Å². The number of nitrogens with zero attached hydrogens (tertiary/aromatic N) is 2. The fourth-order valence-corrected chi connectivity index (χ4v) is 4.09. The van der Waals surface area contributed by atoms with Crippen LogP contribution in [0.15, 0.2) is 33.6 Å².